The molecule has 0 bridgehead atoms. The van der Waals surface area contributed by atoms with Gasteiger partial charge >= 0.3 is 24.0 Å². The molecule has 2 saturated heterocycles. The Hall–Kier alpha value is -3.57. The van der Waals surface area contributed by atoms with Crippen molar-refractivity contribution in [3.63, 3.8) is 0 Å². The minimum absolute atomic E-state index is 0.0269. The second-order valence-electron chi connectivity index (χ2n) is 9.44. The number of thioether (sulfide) groups is 3. The van der Waals surface area contributed by atoms with Crippen LogP contribution in [0.5, 0.6) is 0 Å². The third-order valence-electron chi connectivity index (χ3n) is 6.65. The molecule has 5 aliphatic rings. The van der Waals surface area contributed by atoms with Crippen molar-refractivity contribution in [2.75, 3.05) is 30.4 Å². The third-order valence-corrected chi connectivity index (χ3v) is 10.7. The zero-order chi connectivity index (χ0) is 30.0. The lowest BCUT2D eigenvalue weighted by molar-refractivity contribution is -0.151. The van der Waals surface area contributed by atoms with Crippen molar-refractivity contribution in [1.82, 2.24) is 20.4 Å². The Kier molecular flexibility index (Phi) is 9.08. The Morgan fingerprint density at radius 3 is 2.62 bits per heavy atom. The van der Waals surface area contributed by atoms with Gasteiger partial charge in [-0.15, -0.1) is 35.3 Å². The highest BCUT2D eigenvalue weighted by Gasteiger charge is 2.54. The Balaban J connectivity index is 1.32. The molecule has 4 heterocycles. The molecular weight excluding hydrogens is 609 g/mol. The van der Waals surface area contributed by atoms with Gasteiger partial charge in [-0.1, -0.05) is 12.2 Å². The summed E-state index contributed by atoms with van der Waals surface area (Å²) in [7, 11) is 0. The highest BCUT2D eigenvalue weighted by Crippen LogP contribution is 2.40. The molecular formula is C25H26N6O8S3. The third kappa shape index (κ3) is 6.27. The van der Waals surface area contributed by atoms with Gasteiger partial charge in [-0.05, 0) is 5.57 Å². The predicted octanol–water partition coefficient (Wildman–Crippen LogP) is 1.31. The van der Waals surface area contributed by atoms with Gasteiger partial charge in [-0.25, -0.2) is 24.3 Å². The Bertz CT molecular complexity index is 1400. The summed E-state index contributed by atoms with van der Waals surface area (Å²) in [5.41, 5.74) is 1.38. The first-order valence-electron chi connectivity index (χ1n) is 12.8. The van der Waals surface area contributed by atoms with Crippen LogP contribution in [0.2, 0.25) is 0 Å². The molecule has 5 rings (SSSR count). The number of β-lactam (4-membered cyclic amide) rings is 1. The summed E-state index contributed by atoms with van der Waals surface area (Å²) in [5.74, 6) is -0.921. The van der Waals surface area contributed by atoms with E-state index in [4.69, 9.17) is 9.73 Å². The van der Waals surface area contributed by atoms with Gasteiger partial charge in [0, 0.05) is 42.4 Å². The van der Waals surface area contributed by atoms with E-state index in [0.29, 0.717) is 29.0 Å². The SMILES string of the molecule is CC(=O)OCC1=C(C(=O)O)N2C(=O)C(NC(=O)CC3=C(NC(=O)N4CC=NC4=O)C(=NC4SCCS4)CC=C3)[C@@H]2SC1. The van der Waals surface area contributed by atoms with Crippen molar-refractivity contribution in [2.24, 2.45) is 9.98 Å². The fourth-order valence-corrected chi connectivity index (χ4v) is 8.59. The Labute approximate surface area is 252 Å². The van der Waals surface area contributed by atoms with Gasteiger partial charge < -0.3 is 20.5 Å². The number of nitrogens with zero attached hydrogens (tertiary/aromatic N) is 4. The van der Waals surface area contributed by atoms with E-state index in [1.54, 1.807) is 29.6 Å². The average Bonchev–Trinajstić information content (AvgIpc) is 3.63. The van der Waals surface area contributed by atoms with Crippen molar-refractivity contribution < 1.29 is 38.6 Å². The van der Waals surface area contributed by atoms with Crippen LogP contribution in [0.1, 0.15) is 19.8 Å². The van der Waals surface area contributed by atoms with E-state index in [1.165, 1.54) is 24.9 Å². The zero-order valence-corrected chi connectivity index (χ0v) is 24.7. The van der Waals surface area contributed by atoms with Crippen LogP contribution in [0.3, 0.4) is 0 Å². The largest absolute Gasteiger partial charge is 0.477 e. The van der Waals surface area contributed by atoms with Crippen LogP contribution in [0.25, 0.3) is 0 Å². The molecule has 6 amide bonds. The van der Waals surface area contributed by atoms with Crippen LogP contribution in [-0.2, 0) is 23.9 Å². The molecule has 0 saturated carbocycles. The van der Waals surface area contributed by atoms with Gasteiger partial charge in [0.1, 0.15) is 28.4 Å². The number of esters is 1. The van der Waals surface area contributed by atoms with Gasteiger partial charge in [0.15, 0.2) is 0 Å². The number of allylic oxidation sites excluding steroid dienone is 3. The van der Waals surface area contributed by atoms with Crippen LogP contribution >= 0.6 is 35.3 Å². The molecule has 0 aromatic heterocycles. The van der Waals surface area contributed by atoms with E-state index in [-0.39, 0.29) is 35.7 Å². The van der Waals surface area contributed by atoms with Gasteiger partial charge in [-0.2, -0.15) is 0 Å². The number of fused-ring (bicyclic) bond motifs is 1. The molecule has 3 N–H and O–H groups in total. The molecule has 42 heavy (non-hydrogen) atoms. The standard InChI is InChI=1S/C25H26N6O8S3/c1-12(32)39-10-14-11-42-21-18(20(34)31(21)19(14)22(35)36)28-16(33)9-13-3-2-4-15(27-25-40-7-8-41-25)17(13)29-24(38)30-6-5-26-23(30)37/h2-3,5,18,21,25H,4,6-11H2,1H3,(H,28,33)(H,29,38)(H,35,36)/t18?,21-/m0/s1. The number of aliphatic carboxylic acids is 1. The summed E-state index contributed by atoms with van der Waals surface area (Å²) in [6.45, 7) is 0.984. The summed E-state index contributed by atoms with van der Waals surface area (Å²) < 4.78 is 4.88. The summed E-state index contributed by atoms with van der Waals surface area (Å²) in [5, 5.41) is 14.5. The molecule has 2 fully saturated rings. The van der Waals surface area contributed by atoms with Crippen molar-refractivity contribution in [2.45, 2.75) is 35.9 Å². The first kappa shape index (κ1) is 29.9. The first-order chi connectivity index (χ1) is 20.1. The van der Waals surface area contributed by atoms with Gasteiger partial charge in [-0.3, -0.25) is 24.3 Å². The monoisotopic (exact) mass is 634 g/mol. The minimum Gasteiger partial charge on any atom is -0.477 e. The fraction of sp³-hybridized carbons (Fsp3) is 0.440. The Morgan fingerprint density at radius 2 is 1.95 bits per heavy atom. The molecule has 14 nitrogen and oxygen atoms in total. The van der Waals surface area contributed by atoms with Crippen LogP contribution in [0.15, 0.2) is 44.7 Å². The molecule has 0 aromatic carbocycles. The second-order valence-corrected chi connectivity index (χ2v) is 13.2. The minimum atomic E-state index is -1.33. The molecule has 1 unspecified atom stereocenters. The van der Waals surface area contributed by atoms with Gasteiger partial charge in [0.25, 0.3) is 5.91 Å². The van der Waals surface area contributed by atoms with Crippen LogP contribution in [-0.4, -0.2) is 109 Å². The number of amides is 6. The molecule has 1 aliphatic carbocycles. The summed E-state index contributed by atoms with van der Waals surface area (Å²) >= 11 is 4.60. The van der Waals surface area contributed by atoms with Crippen LogP contribution in [0.4, 0.5) is 9.59 Å². The molecule has 2 atom stereocenters. The first-order valence-corrected chi connectivity index (χ1v) is 16.0. The summed E-state index contributed by atoms with van der Waals surface area (Å²) in [4.78, 5) is 84.6. The molecule has 0 aromatic rings. The number of carbonyl (C=O) groups is 6. The number of imide groups is 1. The maximum Gasteiger partial charge on any atom is 0.352 e. The number of rotatable bonds is 8. The highest BCUT2D eigenvalue weighted by atomic mass is 32.2. The van der Waals surface area contributed by atoms with E-state index in [0.717, 1.165) is 21.3 Å². The fourth-order valence-electron chi connectivity index (χ4n) is 4.72. The van der Waals surface area contributed by atoms with E-state index in [2.05, 4.69) is 15.6 Å². The van der Waals surface area contributed by atoms with E-state index in [1.807, 2.05) is 6.08 Å². The maximum atomic E-state index is 13.2. The number of urea groups is 2. The van der Waals surface area contributed by atoms with Crippen molar-refractivity contribution >= 4 is 83.0 Å². The molecule has 0 radical (unpaired) electrons. The predicted molar refractivity (Wildman–Crippen MR) is 157 cm³/mol. The van der Waals surface area contributed by atoms with E-state index >= 15 is 0 Å². The lowest BCUT2D eigenvalue weighted by atomic mass is 9.97. The molecule has 222 valence electrons. The van der Waals surface area contributed by atoms with E-state index in [9.17, 15) is 33.9 Å². The number of carboxylic acid groups (broad SMARTS) is 1. The maximum absolute atomic E-state index is 13.2. The topological polar surface area (TPSA) is 187 Å². The number of hydrogen-bond donors (Lipinski definition) is 3. The van der Waals surface area contributed by atoms with Crippen molar-refractivity contribution in [1.29, 1.82) is 0 Å². The van der Waals surface area contributed by atoms with Crippen molar-refractivity contribution in [3.05, 3.63) is 34.7 Å². The molecule has 0 spiro atoms. The normalized spacial score (nSPS) is 24.7. The Morgan fingerprint density at radius 1 is 1.19 bits per heavy atom. The quantitative estimate of drug-likeness (QED) is 0.258. The van der Waals surface area contributed by atoms with Gasteiger partial charge in [0.2, 0.25) is 5.91 Å². The lowest BCUT2D eigenvalue weighted by Crippen LogP contribution is -2.70. The summed E-state index contributed by atoms with van der Waals surface area (Å²) in [6.07, 6.45) is 5.06. The zero-order valence-electron chi connectivity index (χ0n) is 22.2. The second kappa shape index (κ2) is 12.7. The van der Waals surface area contributed by atoms with Crippen LogP contribution in [0, 0.1) is 0 Å². The van der Waals surface area contributed by atoms with Gasteiger partial charge in [0.05, 0.1) is 24.4 Å². The molecule has 17 heteroatoms. The summed E-state index contributed by atoms with van der Waals surface area (Å²) in [6, 6.07) is -2.35. The number of hydrogen-bond acceptors (Lipinski definition) is 11. The number of nitrogens with one attached hydrogen (secondary N) is 2. The number of carbonyl (C=O) groups excluding carboxylic acids is 5. The number of aliphatic imine (C=N–C) groups is 2. The van der Waals surface area contributed by atoms with E-state index < -0.39 is 47.2 Å². The smallest absolute Gasteiger partial charge is 0.352 e. The number of carboxylic acids is 1. The highest BCUT2D eigenvalue weighted by molar-refractivity contribution is 8.20. The van der Waals surface area contributed by atoms with Crippen molar-refractivity contribution in [3.8, 4) is 0 Å². The average molecular weight is 635 g/mol. The number of ether oxygens (including phenoxy) is 1. The van der Waals surface area contributed by atoms with Crippen LogP contribution < -0.4 is 10.6 Å². The molecule has 4 aliphatic heterocycles. The lowest BCUT2D eigenvalue weighted by Gasteiger charge is -2.49.